The van der Waals surface area contributed by atoms with Gasteiger partial charge in [-0.25, -0.2) is 8.42 Å². The van der Waals surface area contributed by atoms with Gasteiger partial charge in [0.25, 0.3) is 0 Å². The molecule has 0 heterocycles. The molecule has 0 radical (unpaired) electrons. The van der Waals surface area contributed by atoms with Gasteiger partial charge in [0.15, 0.2) is 0 Å². The van der Waals surface area contributed by atoms with Crippen LogP contribution in [0.4, 0.5) is 13.2 Å². The molecule has 3 nitrogen and oxygen atoms in total. The predicted octanol–water partition coefficient (Wildman–Crippen LogP) is 6.06. The van der Waals surface area contributed by atoms with Crippen LogP contribution in [0, 0.1) is 22.7 Å². The van der Waals surface area contributed by atoms with Crippen LogP contribution >= 0.6 is 0 Å². The third-order valence-electron chi connectivity index (χ3n) is 4.30. The van der Waals surface area contributed by atoms with E-state index in [1.165, 1.54) is 0 Å². The molecule has 26 heavy (non-hydrogen) atoms. The van der Waals surface area contributed by atoms with E-state index in [0.717, 1.165) is 12.8 Å². The summed E-state index contributed by atoms with van der Waals surface area (Å²) >= 11 is 0. The Balaban J connectivity index is 5.04. The van der Waals surface area contributed by atoms with Crippen LogP contribution in [0.25, 0.3) is 0 Å². The van der Waals surface area contributed by atoms with Gasteiger partial charge in [-0.3, -0.25) is 0 Å². The van der Waals surface area contributed by atoms with Crippen molar-refractivity contribution in [3.8, 4) is 0 Å². The topological polar surface area (TPSA) is 37.4 Å². The quantitative estimate of drug-likeness (QED) is 0.471. The molecule has 0 saturated heterocycles. The van der Waals surface area contributed by atoms with Gasteiger partial charge in [0.05, 0.1) is 0 Å². The molecule has 2 atom stereocenters. The molecular formula is C19H38F3NO2S. The third-order valence-corrected chi connectivity index (χ3v) is 5.93. The predicted molar refractivity (Wildman–Crippen MR) is 102 cm³/mol. The molecule has 0 N–H and O–H groups in total. The van der Waals surface area contributed by atoms with E-state index >= 15 is 0 Å². The second-order valence-electron chi connectivity index (χ2n) is 10.2. The number of nitrogens with zero attached hydrogens (tertiary/aromatic N) is 1. The molecule has 0 aliphatic rings. The first-order chi connectivity index (χ1) is 11.3. The minimum absolute atomic E-state index is 0.0639. The third kappa shape index (κ3) is 10.1. The summed E-state index contributed by atoms with van der Waals surface area (Å²) in [6.07, 6.45) is 2.54. The highest BCUT2D eigenvalue weighted by Crippen LogP contribution is 2.31. The minimum atomic E-state index is -5.28. The largest absolute Gasteiger partial charge is 0.511 e. The average Bonchev–Trinajstić information content (AvgIpc) is 2.32. The van der Waals surface area contributed by atoms with Crippen LogP contribution in [0.15, 0.2) is 0 Å². The molecule has 0 aromatic rings. The number of halogens is 3. The standard InChI is InChI=1S/C19H38F3NO2S/c1-15(13-17(3,4)5)9-11-23(26(24,25)19(20,21)22)12-10-16(2)14-18(6,7)8/h15-16H,9-14H2,1-8H3. The molecular weight excluding hydrogens is 363 g/mol. The highest BCUT2D eigenvalue weighted by molar-refractivity contribution is 7.90. The van der Waals surface area contributed by atoms with Crippen LogP contribution in [0.2, 0.25) is 0 Å². The lowest BCUT2D eigenvalue weighted by Gasteiger charge is -2.29. The first kappa shape index (κ1) is 25.7. The van der Waals surface area contributed by atoms with E-state index in [1.807, 2.05) is 13.8 Å². The van der Waals surface area contributed by atoms with Crippen molar-refractivity contribution in [2.24, 2.45) is 22.7 Å². The zero-order valence-electron chi connectivity index (χ0n) is 17.7. The first-order valence-corrected chi connectivity index (χ1v) is 10.9. The van der Waals surface area contributed by atoms with Crippen LogP contribution in [0.1, 0.15) is 81.1 Å². The van der Waals surface area contributed by atoms with Crippen LogP contribution in [-0.2, 0) is 10.0 Å². The molecule has 0 bridgehead atoms. The highest BCUT2D eigenvalue weighted by Gasteiger charge is 2.49. The maximum Gasteiger partial charge on any atom is 0.511 e. The number of sulfonamides is 1. The summed E-state index contributed by atoms with van der Waals surface area (Å²) in [7, 11) is -5.28. The first-order valence-electron chi connectivity index (χ1n) is 9.41. The summed E-state index contributed by atoms with van der Waals surface area (Å²) in [5, 5.41) is 0. The van der Waals surface area contributed by atoms with Gasteiger partial charge in [-0.05, 0) is 48.3 Å². The summed E-state index contributed by atoms with van der Waals surface area (Å²) in [5.74, 6) is 0.320. The molecule has 0 fully saturated rings. The summed E-state index contributed by atoms with van der Waals surface area (Å²) in [6.45, 7) is 16.2. The summed E-state index contributed by atoms with van der Waals surface area (Å²) in [6, 6.07) is 0. The van der Waals surface area contributed by atoms with Crippen molar-refractivity contribution in [3.05, 3.63) is 0 Å². The molecule has 158 valence electrons. The molecule has 2 unspecified atom stereocenters. The lowest BCUT2D eigenvalue weighted by atomic mass is 9.84. The lowest BCUT2D eigenvalue weighted by Crippen LogP contribution is -2.42. The average molecular weight is 402 g/mol. The van der Waals surface area contributed by atoms with E-state index in [0.29, 0.717) is 17.1 Å². The van der Waals surface area contributed by atoms with Crippen molar-refractivity contribution in [3.63, 3.8) is 0 Å². The van der Waals surface area contributed by atoms with Crippen molar-refractivity contribution in [2.45, 2.75) is 86.6 Å². The molecule has 0 aromatic carbocycles. The maximum absolute atomic E-state index is 13.0. The Hall–Kier alpha value is -0.300. The number of rotatable bonds is 9. The van der Waals surface area contributed by atoms with Gasteiger partial charge in [0.1, 0.15) is 0 Å². The van der Waals surface area contributed by atoms with Gasteiger partial charge in [0.2, 0.25) is 0 Å². The molecule has 0 amide bonds. The lowest BCUT2D eigenvalue weighted by molar-refractivity contribution is -0.0491. The van der Waals surface area contributed by atoms with E-state index in [9.17, 15) is 21.6 Å². The van der Waals surface area contributed by atoms with E-state index in [2.05, 4.69) is 41.5 Å². The van der Waals surface area contributed by atoms with Crippen molar-refractivity contribution in [1.29, 1.82) is 0 Å². The smallest absolute Gasteiger partial charge is 0.203 e. The maximum atomic E-state index is 13.0. The molecule has 0 aliphatic heterocycles. The highest BCUT2D eigenvalue weighted by atomic mass is 32.2. The fourth-order valence-corrected chi connectivity index (χ4v) is 4.51. The molecule has 0 rings (SSSR count). The van der Waals surface area contributed by atoms with Gasteiger partial charge < -0.3 is 0 Å². The van der Waals surface area contributed by atoms with E-state index in [-0.39, 0.29) is 35.8 Å². The molecule has 0 aliphatic carbocycles. The molecule has 0 aromatic heterocycles. The zero-order chi connectivity index (χ0) is 21.0. The Morgan fingerprint density at radius 3 is 1.31 bits per heavy atom. The van der Waals surface area contributed by atoms with Crippen LogP contribution in [0.3, 0.4) is 0 Å². The van der Waals surface area contributed by atoms with Gasteiger partial charge in [-0.1, -0.05) is 55.4 Å². The second-order valence-corrected chi connectivity index (χ2v) is 12.1. The molecule has 0 saturated carbocycles. The number of hydrogen-bond acceptors (Lipinski definition) is 2. The van der Waals surface area contributed by atoms with Gasteiger partial charge in [-0.15, -0.1) is 0 Å². The van der Waals surface area contributed by atoms with Crippen LogP contribution < -0.4 is 0 Å². The zero-order valence-corrected chi connectivity index (χ0v) is 18.5. The minimum Gasteiger partial charge on any atom is -0.203 e. The fourth-order valence-electron chi connectivity index (χ4n) is 3.52. The van der Waals surface area contributed by atoms with Gasteiger partial charge in [0, 0.05) is 13.1 Å². The summed E-state index contributed by atoms with van der Waals surface area (Å²) < 4.78 is 63.7. The number of alkyl halides is 3. The molecule has 7 heteroatoms. The van der Waals surface area contributed by atoms with Crippen molar-refractivity contribution < 1.29 is 21.6 Å². The summed E-state index contributed by atoms with van der Waals surface area (Å²) in [5.41, 5.74) is -5.11. The van der Waals surface area contributed by atoms with Crippen molar-refractivity contribution in [1.82, 2.24) is 4.31 Å². The Morgan fingerprint density at radius 1 is 0.769 bits per heavy atom. The van der Waals surface area contributed by atoms with Crippen molar-refractivity contribution in [2.75, 3.05) is 13.1 Å². The van der Waals surface area contributed by atoms with E-state index in [4.69, 9.17) is 0 Å². The van der Waals surface area contributed by atoms with Gasteiger partial charge >= 0.3 is 15.5 Å². The SMILES string of the molecule is CC(CCN(CCC(C)CC(C)(C)C)S(=O)(=O)C(F)(F)F)CC(C)(C)C. The summed E-state index contributed by atoms with van der Waals surface area (Å²) in [4.78, 5) is 0. The Labute approximate surface area is 158 Å². The van der Waals surface area contributed by atoms with E-state index in [1.54, 1.807) is 0 Å². The second kappa shape index (κ2) is 9.26. The number of hydrogen-bond donors (Lipinski definition) is 0. The fraction of sp³-hybridized carbons (Fsp3) is 1.00. The normalized spacial score (nSPS) is 16.8. The van der Waals surface area contributed by atoms with E-state index < -0.39 is 15.5 Å². The van der Waals surface area contributed by atoms with Crippen LogP contribution in [-0.4, -0.2) is 31.3 Å². The Bertz CT molecular complexity index is 490. The van der Waals surface area contributed by atoms with Crippen LogP contribution in [0.5, 0.6) is 0 Å². The van der Waals surface area contributed by atoms with Gasteiger partial charge in [-0.2, -0.15) is 17.5 Å². The Morgan fingerprint density at radius 2 is 1.08 bits per heavy atom. The Kier molecular flexibility index (Phi) is 9.16. The monoisotopic (exact) mass is 401 g/mol. The molecule has 0 spiro atoms. The van der Waals surface area contributed by atoms with Crippen molar-refractivity contribution >= 4 is 10.0 Å².